The second-order valence-electron chi connectivity index (χ2n) is 7.43. The molecule has 0 aliphatic heterocycles. The van der Waals surface area contributed by atoms with Crippen LogP contribution in [0.1, 0.15) is 19.2 Å². The quantitative estimate of drug-likeness (QED) is 0.415. The van der Waals surface area contributed by atoms with Crippen molar-refractivity contribution >= 4 is 22.6 Å². The number of amides is 2. The first kappa shape index (κ1) is 22.0. The van der Waals surface area contributed by atoms with E-state index in [1.807, 2.05) is 36.4 Å². The number of carbonyl (C=O) groups excluding carboxylic acids is 2. The van der Waals surface area contributed by atoms with Gasteiger partial charge < -0.3 is 9.15 Å². The average Bonchev–Trinajstić information content (AvgIpc) is 3.30. The highest BCUT2D eigenvalue weighted by molar-refractivity contribution is 5.85. The van der Waals surface area contributed by atoms with Crippen molar-refractivity contribution in [1.82, 2.24) is 15.8 Å². The standard InChI is InChI=1S/C25H22FN3O4/c1-16(32-21-11-8-17-4-2-3-5-19(17)14-21)25(31)29-28-23(30)12-13-24-27-15-22(33-24)18-6-9-20(26)10-7-18/h2-11,14-16H,12-13H2,1H3,(H,28,30)(H,29,31). The number of halogens is 1. The van der Waals surface area contributed by atoms with Gasteiger partial charge in [0.15, 0.2) is 17.8 Å². The number of benzene rings is 3. The molecule has 3 aromatic carbocycles. The second-order valence-corrected chi connectivity index (χ2v) is 7.43. The number of hydrogen-bond acceptors (Lipinski definition) is 5. The number of hydrazine groups is 1. The maximum Gasteiger partial charge on any atom is 0.279 e. The number of ether oxygens (including phenoxy) is 1. The minimum absolute atomic E-state index is 0.0591. The third-order valence-corrected chi connectivity index (χ3v) is 4.98. The van der Waals surface area contributed by atoms with Crippen LogP contribution in [0.15, 0.2) is 77.3 Å². The summed E-state index contributed by atoms with van der Waals surface area (Å²) in [5.41, 5.74) is 5.41. The summed E-state index contributed by atoms with van der Waals surface area (Å²) in [4.78, 5) is 28.5. The van der Waals surface area contributed by atoms with Crippen LogP contribution in [0.2, 0.25) is 0 Å². The van der Waals surface area contributed by atoms with Crippen molar-refractivity contribution in [2.45, 2.75) is 25.9 Å². The molecule has 0 saturated heterocycles. The van der Waals surface area contributed by atoms with Crippen molar-refractivity contribution in [3.63, 3.8) is 0 Å². The number of nitrogens with one attached hydrogen (secondary N) is 2. The number of rotatable bonds is 7. The zero-order valence-corrected chi connectivity index (χ0v) is 17.9. The highest BCUT2D eigenvalue weighted by atomic mass is 19.1. The lowest BCUT2D eigenvalue weighted by Gasteiger charge is -2.15. The Morgan fingerprint density at radius 1 is 1.03 bits per heavy atom. The summed E-state index contributed by atoms with van der Waals surface area (Å²) < 4.78 is 24.3. The van der Waals surface area contributed by atoms with Gasteiger partial charge in [0, 0.05) is 18.4 Å². The van der Waals surface area contributed by atoms with Gasteiger partial charge in [0.1, 0.15) is 11.6 Å². The Bertz CT molecular complexity index is 1270. The van der Waals surface area contributed by atoms with Gasteiger partial charge in [0.2, 0.25) is 5.91 Å². The van der Waals surface area contributed by atoms with Crippen LogP contribution in [0.5, 0.6) is 5.75 Å². The highest BCUT2D eigenvalue weighted by Gasteiger charge is 2.16. The van der Waals surface area contributed by atoms with Crippen molar-refractivity contribution in [2.24, 2.45) is 0 Å². The van der Waals surface area contributed by atoms with E-state index >= 15 is 0 Å². The minimum Gasteiger partial charge on any atom is -0.481 e. The summed E-state index contributed by atoms with van der Waals surface area (Å²) in [6, 6.07) is 19.2. The summed E-state index contributed by atoms with van der Waals surface area (Å²) in [7, 11) is 0. The number of carbonyl (C=O) groups is 2. The SMILES string of the molecule is CC(Oc1ccc2ccccc2c1)C(=O)NNC(=O)CCc1ncc(-c2ccc(F)cc2)o1. The third-order valence-electron chi connectivity index (χ3n) is 4.98. The number of fused-ring (bicyclic) bond motifs is 1. The molecule has 1 atom stereocenters. The predicted octanol–water partition coefficient (Wildman–Crippen LogP) is 4.18. The fraction of sp³-hybridized carbons (Fsp3) is 0.160. The van der Waals surface area contributed by atoms with Gasteiger partial charge in [-0.1, -0.05) is 30.3 Å². The number of nitrogens with zero attached hydrogens (tertiary/aromatic N) is 1. The van der Waals surface area contributed by atoms with E-state index in [1.54, 1.807) is 25.1 Å². The molecule has 0 fully saturated rings. The van der Waals surface area contributed by atoms with Crippen LogP contribution in [0.4, 0.5) is 4.39 Å². The first-order chi connectivity index (χ1) is 16.0. The lowest BCUT2D eigenvalue weighted by atomic mass is 10.1. The number of aryl methyl sites for hydroxylation is 1. The molecule has 0 saturated carbocycles. The lowest BCUT2D eigenvalue weighted by Crippen LogP contribution is -2.47. The molecule has 0 radical (unpaired) electrons. The third kappa shape index (κ3) is 5.74. The molecule has 168 valence electrons. The summed E-state index contributed by atoms with van der Waals surface area (Å²) >= 11 is 0. The van der Waals surface area contributed by atoms with Crippen LogP contribution in [0, 0.1) is 5.82 Å². The molecule has 2 amide bonds. The van der Waals surface area contributed by atoms with E-state index in [9.17, 15) is 14.0 Å². The summed E-state index contributed by atoms with van der Waals surface area (Å²) in [6.45, 7) is 1.60. The Morgan fingerprint density at radius 2 is 1.79 bits per heavy atom. The van der Waals surface area contributed by atoms with Crippen molar-refractivity contribution in [2.75, 3.05) is 0 Å². The zero-order valence-electron chi connectivity index (χ0n) is 17.9. The van der Waals surface area contributed by atoms with Gasteiger partial charge in [0.25, 0.3) is 5.91 Å². The molecule has 4 rings (SSSR count). The van der Waals surface area contributed by atoms with Crippen LogP contribution in [-0.4, -0.2) is 22.9 Å². The van der Waals surface area contributed by atoms with Crippen molar-refractivity contribution in [3.05, 3.63) is 84.6 Å². The number of hydrogen-bond donors (Lipinski definition) is 2. The molecule has 0 spiro atoms. The molecular formula is C25H22FN3O4. The van der Waals surface area contributed by atoms with Gasteiger partial charge in [-0.05, 0) is 54.1 Å². The van der Waals surface area contributed by atoms with Gasteiger partial charge in [-0.2, -0.15) is 0 Å². The summed E-state index contributed by atoms with van der Waals surface area (Å²) in [5, 5.41) is 2.08. The molecule has 7 nitrogen and oxygen atoms in total. The normalized spacial score (nSPS) is 11.7. The van der Waals surface area contributed by atoms with E-state index in [4.69, 9.17) is 9.15 Å². The van der Waals surface area contributed by atoms with Gasteiger partial charge in [-0.25, -0.2) is 9.37 Å². The summed E-state index contributed by atoms with van der Waals surface area (Å²) in [5.74, 6) is 0.189. The molecule has 0 aliphatic carbocycles. The van der Waals surface area contributed by atoms with Crippen LogP contribution in [0.25, 0.3) is 22.1 Å². The topological polar surface area (TPSA) is 93.5 Å². The smallest absolute Gasteiger partial charge is 0.279 e. The Kier molecular flexibility index (Phi) is 6.64. The first-order valence-electron chi connectivity index (χ1n) is 10.4. The average molecular weight is 447 g/mol. The van der Waals surface area contributed by atoms with Crippen molar-refractivity contribution in [3.8, 4) is 17.1 Å². The molecule has 4 aromatic rings. The molecule has 0 bridgehead atoms. The Morgan fingerprint density at radius 3 is 2.58 bits per heavy atom. The van der Waals surface area contributed by atoms with Crippen LogP contribution < -0.4 is 15.6 Å². The first-order valence-corrected chi connectivity index (χ1v) is 10.4. The van der Waals surface area contributed by atoms with E-state index in [1.165, 1.54) is 18.3 Å². The minimum atomic E-state index is -0.809. The van der Waals surface area contributed by atoms with Gasteiger partial charge in [-0.3, -0.25) is 20.4 Å². The Labute approximate surface area is 189 Å². The fourth-order valence-electron chi connectivity index (χ4n) is 3.19. The maximum absolute atomic E-state index is 13.0. The highest BCUT2D eigenvalue weighted by Crippen LogP contribution is 2.22. The van der Waals surface area contributed by atoms with Crippen LogP contribution in [0.3, 0.4) is 0 Å². The molecule has 1 unspecified atom stereocenters. The molecule has 1 aromatic heterocycles. The molecule has 1 heterocycles. The maximum atomic E-state index is 13.0. The van der Waals surface area contributed by atoms with E-state index < -0.39 is 17.9 Å². The molecule has 0 aliphatic rings. The van der Waals surface area contributed by atoms with E-state index in [-0.39, 0.29) is 18.7 Å². The van der Waals surface area contributed by atoms with Gasteiger partial charge in [0.05, 0.1) is 6.20 Å². The van der Waals surface area contributed by atoms with Crippen molar-refractivity contribution in [1.29, 1.82) is 0 Å². The Balaban J connectivity index is 1.22. The van der Waals surface area contributed by atoms with Crippen molar-refractivity contribution < 1.29 is 23.1 Å². The lowest BCUT2D eigenvalue weighted by molar-refractivity contribution is -0.132. The molecule has 2 N–H and O–H groups in total. The molecular weight excluding hydrogens is 425 g/mol. The van der Waals surface area contributed by atoms with E-state index in [2.05, 4.69) is 15.8 Å². The Hall–Kier alpha value is -4.20. The van der Waals surface area contributed by atoms with Gasteiger partial charge in [-0.15, -0.1) is 0 Å². The van der Waals surface area contributed by atoms with Crippen LogP contribution in [-0.2, 0) is 16.0 Å². The zero-order chi connectivity index (χ0) is 23.2. The molecule has 8 heteroatoms. The predicted molar refractivity (Wildman–Crippen MR) is 121 cm³/mol. The number of aromatic nitrogens is 1. The molecule has 33 heavy (non-hydrogen) atoms. The van der Waals surface area contributed by atoms with Gasteiger partial charge >= 0.3 is 0 Å². The fourth-order valence-corrected chi connectivity index (χ4v) is 3.19. The van der Waals surface area contributed by atoms with Crippen LogP contribution >= 0.6 is 0 Å². The largest absolute Gasteiger partial charge is 0.481 e. The number of oxazole rings is 1. The van der Waals surface area contributed by atoms with E-state index in [0.717, 1.165) is 10.8 Å². The summed E-state index contributed by atoms with van der Waals surface area (Å²) in [6.07, 6.45) is 1.01. The monoisotopic (exact) mass is 447 g/mol. The van der Waals surface area contributed by atoms with E-state index in [0.29, 0.717) is 23.0 Å². The second kappa shape index (κ2) is 9.95.